The van der Waals surface area contributed by atoms with E-state index < -0.39 is 0 Å². The van der Waals surface area contributed by atoms with E-state index in [2.05, 4.69) is 0 Å². The van der Waals surface area contributed by atoms with Crippen molar-refractivity contribution in [3.63, 3.8) is 0 Å². The number of benzene rings is 1. The molecule has 0 radical (unpaired) electrons. The van der Waals surface area contributed by atoms with Crippen LogP contribution in [0.25, 0.3) is 11.5 Å². The summed E-state index contributed by atoms with van der Waals surface area (Å²) in [5.41, 5.74) is 0.729. The van der Waals surface area contributed by atoms with Crippen molar-refractivity contribution in [3.05, 3.63) is 47.0 Å². The van der Waals surface area contributed by atoms with Gasteiger partial charge in [-0.25, -0.2) is 0 Å². The van der Waals surface area contributed by atoms with Crippen molar-refractivity contribution in [2.45, 2.75) is 13.8 Å². The minimum Gasteiger partial charge on any atom is -0.615 e. The van der Waals surface area contributed by atoms with Gasteiger partial charge in [-0.2, -0.15) is 0 Å². The van der Waals surface area contributed by atoms with Crippen LogP contribution >= 0.6 is 0 Å². The maximum Gasteiger partial charge on any atom is 0.392 e. The van der Waals surface area contributed by atoms with Gasteiger partial charge in [0.25, 0.3) is 0 Å². The predicted molar refractivity (Wildman–Crippen MR) is 57.8 cm³/mol. The van der Waals surface area contributed by atoms with Gasteiger partial charge in [-0.15, -0.1) is 4.73 Å². The highest BCUT2D eigenvalue weighted by atomic mass is 16.5. The fraction of sp³-hybridized carbons (Fsp3) is 0.167. The first-order valence-electron chi connectivity index (χ1n) is 4.90. The number of rotatable bonds is 2. The predicted octanol–water partition coefficient (Wildman–Crippen LogP) is 2.09. The van der Waals surface area contributed by atoms with Crippen molar-refractivity contribution < 1.29 is 13.9 Å². The number of ketones is 1. The lowest BCUT2D eigenvalue weighted by Gasteiger charge is -1.97. The molecule has 0 fully saturated rings. The second kappa shape index (κ2) is 3.81. The van der Waals surface area contributed by atoms with Gasteiger partial charge in [0.15, 0.2) is 5.76 Å². The molecule has 0 aliphatic carbocycles. The maximum absolute atomic E-state index is 11.8. The maximum atomic E-state index is 11.8. The van der Waals surface area contributed by atoms with Crippen molar-refractivity contribution in [1.82, 2.24) is 0 Å². The fourth-order valence-electron chi connectivity index (χ4n) is 1.63. The van der Waals surface area contributed by atoms with Crippen LogP contribution in [0.3, 0.4) is 0 Å². The van der Waals surface area contributed by atoms with E-state index in [0.29, 0.717) is 16.1 Å². The van der Waals surface area contributed by atoms with Crippen molar-refractivity contribution >= 4 is 5.78 Å². The molecule has 82 valence electrons. The number of oxazole rings is 1. The van der Waals surface area contributed by atoms with Gasteiger partial charge in [-0.3, -0.25) is 4.79 Å². The summed E-state index contributed by atoms with van der Waals surface area (Å²) >= 11 is 0. The van der Waals surface area contributed by atoms with E-state index in [0.717, 1.165) is 0 Å². The van der Waals surface area contributed by atoms with Crippen molar-refractivity contribution in [1.29, 1.82) is 0 Å². The van der Waals surface area contributed by atoms with Crippen LogP contribution in [0.1, 0.15) is 23.2 Å². The molecule has 1 aromatic carbocycles. The summed E-state index contributed by atoms with van der Waals surface area (Å²) in [5.74, 6) is 0.211. The Labute approximate surface area is 92.7 Å². The van der Waals surface area contributed by atoms with Gasteiger partial charge in [-0.05, 0) is 12.1 Å². The van der Waals surface area contributed by atoms with Crippen LogP contribution in [-0.4, -0.2) is 5.78 Å². The topological polar surface area (TPSA) is 57.2 Å². The summed E-state index contributed by atoms with van der Waals surface area (Å²) in [4.78, 5) is 11.3. The Morgan fingerprint density at radius 2 is 1.94 bits per heavy atom. The zero-order chi connectivity index (χ0) is 11.7. The lowest BCUT2D eigenvalue weighted by molar-refractivity contribution is -0.598. The highest BCUT2D eigenvalue weighted by molar-refractivity contribution is 5.91. The Kier molecular flexibility index (Phi) is 2.48. The number of nitrogens with zero attached hydrogens (tertiary/aromatic N) is 1. The zero-order valence-corrected chi connectivity index (χ0v) is 9.06. The molecular weight excluding hydrogens is 206 g/mol. The minimum absolute atomic E-state index is 0.0684. The molecule has 1 heterocycles. The van der Waals surface area contributed by atoms with E-state index in [1.54, 1.807) is 31.2 Å². The lowest BCUT2D eigenvalue weighted by atomic mass is 10.2. The molecule has 2 aromatic rings. The van der Waals surface area contributed by atoms with E-state index in [-0.39, 0.29) is 17.4 Å². The van der Waals surface area contributed by atoms with Crippen molar-refractivity contribution in [3.8, 4) is 11.5 Å². The highest BCUT2D eigenvalue weighted by Gasteiger charge is 2.26. The summed E-state index contributed by atoms with van der Waals surface area (Å²) in [6.45, 7) is 2.96. The standard InChI is InChI=1S/C12H11NO3/c1-8(14)11-9(2)16-12(13(11)15)10-6-4-3-5-7-10/h3-7H,1-2H3. The molecule has 0 saturated carbocycles. The normalized spacial score (nSPS) is 10.4. The molecule has 1 aromatic heterocycles. The van der Waals surface area contributed by atoms with Gasteiger partial charge in [0, 0.05) is 13.8 Å². The number of aromatic nitrogens is 1. The SMILES string of the molecule is CC(=O)c1c(C)oc(-c2ccccc2)[n+]1[O-]. The molecule has 0 aliphatic rings. The Morgan fingerprint density at radius 1 is 1.31 bits per heavy atom. The molecule has 16 heavy (non-hydrogen) atoms. The van der Waals surface area contributed by atoms with Crippen LogP contribution in [0.2, 0.25) is 0 Å². The van der Waals surface area contributed by atoms with E-state index in [4.69, 9.17) is 4.42 Å². The third-order valence-corrected chi connectivity index (χ3v) is 2.33. The first-order chi connectivity index (χ1) is 7.61. The van der Waals surface area contributed by atoms with Crippen LogP contribution in [0.15, 0.2) is 34.7 Å². The first-order valence-corrected chi connectivity index (χ1v) is 4.90. The second-order valence-corrected chi connectivity index (χ2v) is 3.53. The summed E-state index contributed by atoms with van der Waals surface area (Å²) in [6, 6.07) is 8.98. The number of hydrogen-bond donors (Lipinski definition) is 0. The summed E-state index contributed by atoms with van der Waals surface area (Å²) in [7, 11) is 0. The van der Waals surface area contributed by atoms with Gasteiger partial charge in [-0.1, -0.05) is 18.2 Å². The van der Waals surface area contributed by atoms with Crippen LogP contribution < -0.4 is 4.73 Å². The molecule has 2 rings (SSSR count). The van der Waals surface area contributed by atoms with E-state index >= 15 is 0 Å². The molecule has 0 bridgehead atoms. The molecule has 0 aliphatic heterocycles. The Bertz CT molecular complexity index is 529. The first kappa shape index (κ1) is 10.4. The monoisotopic (exact) mass is 217 g/mol. The number of carbonyl (C=O) groups is 1. The summed E-state index contributed by atoms with van der Waals surface area (Å²) < 4.78 is 5.87. The fourth-order valence-corrected chi connectivity index (χ4v) is 1.63. The second-order valence-electron chi connectivity index (χ2n) is 3.53. The number of aryl methyl sites for hydroxylation is 1. The molecule has 0 atom stereocenters. The lowest BCUT2D eigenvalue weighted by Crippen LogP contribution is -2.33. The average Bonchev–Trinajstić information content (AvgIpc) is 2.55. The molecule has 0 N–H and O–H groups in total. The van der Waals surface area contributed by atoms with Gasteiger partial charge in [0.2, 0.25) is 5.78 Å². The third-order valence-electron chi connectivity index (χ3n) is 2.33. The molecule has 0 spiro atoms. The van der Waals surface area contributed by atoms with E-state index in [9.17, 15) is 10.0 Å². The molecule has 4 heteroatoms. The van der Waals surface area contributed by atoms with E-state index in [1.807, 2.05) is 6.07 Å². The van der Waals surface area contributed by atoms with Crippen LogP contribution in [0, 0.1) is 12.1 Å². The molecule has 0 saturated heterocycles. The number of hydrogen-bond acceptors (Lipinski definition) is 3. The quantitative estimate of drug-likeness (QED) is 0.439. The van der Waals surface area contributed by atoms with Gasteiger partial charge in [0.05, 0.1) is 5.56 Å². The van der Waals surface area contributed by atoms with Gasteiger partial charge in [0.1, 0.15) is 0 Å². The third kappa shape index (κ3) is 1.58. The van der Waals surface area contributed by atoms with Crippen molar-refractivity contribution in [2.24, 2.45) is 0 Å². The zero-order valence-electron chi connectivity index (χ0n) is 9.06. The highest BCUT2D eigenvalue weighted by Crippen LogP contribution is 2.19. The van der Waals surface area contributed by atoms with Crippen LogP contribution in [0.5, 0.6) is 0 Å². The van der Waals surface area contributed by atoms with Crippen LogP contribution in [-0.2, 0) is 0 Å². The Hall–Kier alpha value is -2.10. The largest absolute Gasteiger partial charge is 0.615 e. The Morgan fingerprint density at radius 3 is 2.44 bits per heavy atom. The summed E-state index contributed by atoms with van der Waals surface area (Å²) in [5, 5.41) is 11.8. The molecular formula is C12H11NO3. The van der Waals surface area contributed by atoms with Crippen LogP contribution in [0.4, 0.5) is 0 Å². The smallest absolute Gasteiger partial charge is 0.392 e. The number of Topliss-reactive ketones (excluding diaryl/α,β-unsaturated/α-hetero) is 1. The summed E-state index contributed by atoms with van der Waals surface area (Å²) in [6.07, 6.45) is 0. The molecule has 0 unspecified atom stereocenters. The Balaban J connectivity index is 2.61. The average molecular weight is 217 g/mol. The number of carbonyl (C=O) groups excluding carboxylic acids is 1. The molecule has 0 amide bonds. The minimum atomic E-state index is -0.293. The van der Waals surface area contributed by atoms with Gasteiger partial charge < -0.3 is 9.62 Å². The molecule has 4 nitrogen and oxygen atoms in total. The van der Waals surface area contributed by atoms with Gasteiger partial charge >= 0.3 is 11.6 Å². The van der Waals surface area contributed by atoms with Crippen molar-refractivity contribution in [2.75, 3.05) is 0 Å². The van der Waals surface area contributed by atoms with E-state index in [1.165, 1.54) is 6.92 Å².